The second-order valence-electron chi connectivity index (χ2n) is 13.1. The van der Waals surface area contributed by atoms with Crippen molar-refractivity contribution in [3.05, 3.63) is 64.8 Å². The van der Waals surface area contributed by atoms with Gasteiger partial charge in [0, 0.05) is 23.3 Å². The number of rotatable bonds is 9. The van der Waals surface area contributed by atoms with Crippen LogP contribution in [0.2, 0.25) is 0 Å². The summed E-state index contributed by atoms with van der Waals surface area (Å²) in [5, 5.41) is 134. The second-order valence-corrected chi connectivity index (χ2v) is 13.1. The lowest BCUT2D eigenvalue weighted by Crippen LogP contribution is -2.61. The fraction of sp³-hybridized carbons (Fsp3) is 0.576. The van der Waals surface area contributed by atoms with Crippen LogP contribution < -0.4 is 0 Å². The minimum Gasteiger partial charge on any atom is -0.508 e. The van der Waals surface area contributed by atoms with E-state index in [1.165, 1.54) is 25.1 Å². The van der Waals surface area contributed by atoms with E-state index in [9.17, 15) is 66.4 Å². The van der Waals surface area contributed by atoms with Crippen LogP contribution in [0.5, 0.6) is 11.5 Å². The number of ether oxygens (including phenoxy) is 7. The Labute approximate surface area is 300 Å². The number of hydrogen-bond donors (Lipinski definition) is 13. The molecule has 53 heavy (non-hydrogen) atoms. The molecule has 1 aromatic carbocycles. The number of benzene rings is 1. The van der Waals surface area contributed by atoms with E-state index in [1.807, 2.05) is 0 Å². The number of aliphatic hydroxyl groups excluding tert-OH is 11. The number of aromatic hydroxyl groups is 2. The maximum Gasteiger partial charge on any atom is 0.229 e. The molecular formula is C33H42O20. The van der Waals surface area contributed by atoms with E-state index in [0.29, 0.717) is 0 Å². The van der Waals surface area contributed by atoms with Crippen LogP contribution in [0.1, 0.15) is 12.5 Å². The summed E-state index contributed by atoms with van der Waals surface area (Å²) in [4.78, 5) is 0. The lowest BCUT2D eigenvalue weighted by Gasteiger charge is -2.43. The van der Waals surface area contributed by atoms with Crippen LogP contribution >= 0.6 is 0 Å². The van der Waals surface area contributed by atoms with Gasteiger partial charge in [-0.3, -0.25) is 0 Å². The largest absolute Gasteiger partial charge is 0.508 e. The number of fused-ring (bicyclic) bond motifs is 1. The average molecular weight is 759 g/mol. The molecule has 16 atom stereocenters. The zero-order valence-corrected chi connectivity index (χ0v) is 27.8. The number of hydrogen-bond acceptors (Lipinski definition) is 20. The van der Waals surface area contributed by atoms with Crippen molar-refractivity contribution < 1.29 is 99.5 Å². The molecule has 294 valence electrons. The van der Waals surface area contributed by atoms with Crippen LogP contribution in [0.15, 0.2) is 59.3 Å². The van der Waals surface area contributed by atoms with Crippen molar-refractivity contribution in [1.82, 2.24) is 0 Å². The van der Waals surface area contributed by atoms with Crippen molar-refractivity contribution in [2.45, 2.75) is 105 Å². The third kappa shape index (κ3) is 7.70. The fourth-order valence-electron chi connectivity index (χ4n) is 6.27. The van der Waals surface area contributed by atoms with Crippen molar-refractivity contribution in [3.8, 4) is 11.5 Å². The molecule has 0 spiro atoms. The van der Waals surface area contributed by atoms with Gasteiger partial charge in [0.2, 0.25) is 12.6 Å². The van der Waals surface area contributed by atoms with E-state index in [0.717, 1.165) is 18.2 Å². The highest BCUT2D eigenvalue weighted by Crippen LogP contribution is 2.41. The normalized spacial score (nSPS) is 41.8. The molecule has 0 bridgehead atoms. The number of phenols is 2. The third-order valence-corrected chi connectivity index (χ3v) is 9.42. The maximum absolute atomic E-state index is 10.9. The quantitative estimate of drug-likeness (QED) is 0.106. The Hall–Kier alpha value is -3.58. The monoisotopic (exact) mass is 758 g/mol. The first-order chi connectivity index (χ1) is 25.1. The van der Waals surface area contributed by atoms with E-state index >= 15 is 0 Å². The molecular weight excluding hydrogens is 716 g/mol. The second kappa shape index (κ2) is 15.6. The molecule has 0 saturated carbocycles. The molecule has 0 amide bonds. The molecule has 13 N–H and O–H groups in total. The maximum atomic E-state index is 10.9. The Kier molecular flexibility index (Phi) is 11.5. The molecule has 3 saturated heterocycles. The first kappa shape index (κ1) is 39.1. The molecule has 20 nitrogen and oxygen atoms in total. The Morgan fingerprint density at radius 3 is 1.91 bits per heavy atom. The number of phenolic OH excluding ortho intramolecular Hbond substituents is 2. The molecule has 6 rings (SSSR count). The van der Waals surface area contributed by atoms with E-state index in [4.69, 9.17) is 33.2 Å². The summed E-state index contributed by atoms with van der Waals surface area (Å²) >= 11 is 0. The molecule has 0 aromatic heterocycles. The van der Waals surface area contributed by atoms with Crippen LogP contribution in [0, 0.1) is 0 Å². The summed E-state index contributed by atoms with van der Waals surface area (Å²) < 4.78 is 40.1. The van der Waals surface area contributed by atoms with Gasteiger partial charge in [-0.1, -0.05) is 0 Å². The van der Waals surface area contributed by atoms with Gasteiger partial charge in [0.05, 0.1) is 19.3 Å². The minimum atomic E-state index is -1.93. The smallest absolute Gasteiger partial charge is 0.229 e. The van der Waals surface area contributed by atoms with Crippen LogP contribution in [0.25, 0.3) is 5.76 Å². The molecule has 3 fully saturated rings. The van der Waals surface area contributed by atoms with Gasteiger partial charge in [-0.05, 0) is 31.2 Å². The lowest BCUT2D eigenvalue weighted by molar-refractivity contribution is -0.323. The predicted octanol–water partition coefficient (Wildman–Crippen LogP) is -4.08. The molecule has 0 radical (unpaired) electrons. The van der Waals surface area contributed by atoms with Crippen LogP contribution in [0.3, 0.4) is 0 Å². The summed E-state index contributed by atoms with van der Waals surface area (Å²) in [6.45, 7) is 0.0840. The first-order valence-corrected chi connectivity index (χ1v) is 16.5. The van der Waals surface area contributed by atoms with Crippen LogP contribution in [0.4, 0.5) is 0 Å². The topological polar surface area (TPSA) is 328 Å². The Morgan fingerprint density at radius 2 is 1.25 bits per heavy atom. The highest BCUT2D eigenvalue weighted by atomic mass is 16.7. The summed E-state index contributed by atoms with van der Waals surface area (Å²) in [6.07, 6.45) is -21.9. The van der Waals surface area contributed by atoms with Crippen molar-refractivity contribution in [1.29, 1.82) is 0 Å². The SMILES string of the molecule is C[C@@H]1O[C@@H](OC[C@H]2O[C@@H](OC3=C(c4ccc(O)c(O)c4)OC4C=C(O)C=C(O[C@@H]5O[C@H](CO)[C@@H](O)[C@H](O)[C@H]5O)C4=C3)[C@H](O)[C@@H](O)[C@@H]2O)[C@H](O)[C@H](O)[C@H]1O. The van der Waals surface area contributed by atoms with Gasteiger partial charge in [0.15, 0.2) is 29.3 Å². The Bertz CT molecular complexity index is 1610. The summed E-state index contributed by atoms with van der Waals surface area (Å²) in [6, 6.07) is 3.57. The Morgan fingerprint density at radius 1 is 0.642 bits per heavy atom. The van der Waals surface area contributed by atoms with E-state index in [1.54, 1.807) is 0 Å². The molecule has 1 unspecified atom stereocenters. The highest BCUT2D eigenvalue weighted by Gasteiger charge is 2.49. The standard InChI is InChI=1S/C33H42O20/c1-10-21(38)24(41)27(44)31(48-10)47-9-20-23(40)26(43)29(46)33(53-20)51-18-7-13-16(49-30(18)11-2-3-14(36)15(37)4-11)5-12(35)6-17(13)50-32-28(45)25(42)22(39)19(8-34)52-32/h2-7,10,16,19-29,31-46H,8-9H2,1H3/t10-,16?,19+,20+,21-,22+,23+,24+,25-,26-,27+,28+,29+,31+,32+,33+/m0/s1. The first-order valence-electron chi connectivity index (χ1n) is 16.5. The zero-order chi connectivity index (χ0) is 38.5. The fourth-order valence-corrected chi connectivity index (χ4v) is 6.27. The molecule has 20 heteroatoms. The summed E-state index contributed by atoms with van der Waals surface area (Å²) in [5.74, 6) is -2.09. The van der Waals surface area contributed by atoms with Gasteiger partial charge in [-0.15, -0.1) is 0 Å². The average Bonchev–Trinajstić information content (AvgIpc) is 3.13. The van der Waals surface area contributed by atoms with Crippen molar-refractivity contribution in [3.63, 3.8) is 0 Å². The summed E-state index contributed by atoms with van der Waals surface area (Å²) in [5.41, 5.74) is 0.166. The van der Waals surface area contributed by atoms with Crippen molar-refractivity contribution in [2.75, 3.05) is 13.2 Å². The molecule has 4 aliphatic heterocycles. The third-order valence-electron chi connectivity index (χ3n) is 9.42. The van der Waals surface area contributed by atoms with Crippen LogP contribution in [-0.2, 0) is 33.2 Å². The van der Waals surface area contributed by atoms with Crippen molar-refractivity contribution in [2.24, 2.45) is 0 Å². The lowest BCUT2D eigenvalue weighted by atomic mass is 9.96. The molecule has 4 heterocycles. The minimum absolute atomic E-state index is 0.0746. The van der Waals surface area contributed by atoms with Gasteiger partial charge >= 0.3 is 0 Å². The predicted molar refractivity (Wildman–Crippen MR) is 169 cm³/mol. The van der Waals surface area contributed by atoms with Gasteiger partial charge in [-0.25, -0.2) is 0 Å². The van der Waals surface area contributed by atoms with Crippen molar-refractivity contribution >= 4 is 5.76 Å². The van der Waals surface area contributed by atoms with Gasteiger partial charge in [0.25, 0.3) is 0 Å². The number of aliphatic hydroxyl groups is 11. The number of allylic oxidation sites excluding steroid dienone is 2. The van der Waals surface area contributed by atoms with Gasteiger partial charge in [0.1, 0.15) is 84.8 Å². The Balaban J connectivity index is 1.30. The molecule has 1 aromatic rings. The van der Waals surface area contributed by atoms with E-state index in [2.05, 4.69) is 0 Å². The highest BCUT2D eigenvalue weighted by molar-refractivity contribution is 5.70. The summed E-state index contributed by atoms with van der Waals surface area (Å²) in [7, 11) is 0. The van der Waals surface area contributed by atoms with Crippen LogP contribution in [-0.4, -0.2) is 178 Å². The van der Waals surface area contributed by atoms with E-state index < -0.39 is 129 Å². The zero-order valence-electron chi connectivity index (χ0n) is 27.8. The van der Waals surface area contributed by atoms with Gasteiger partial charge in [-0.2, -0.15) is 0 Å². The molecule has 5 aliphatic rings. The molecule has 1 aliphatic carbocycles. The van der Waals surface area contributed by atoms with E-state index in [-0.39, 0.29) is 28.4 Å². The van der Waals surface area contributed by atoms with Gasteiger partial charge < -0.3 is 99.5 Å².